The van der Waals surface area contributed by atoms with Crippen LogP contribution < -0.4 is 5.32 Å². The highest BCUT2D eigenvalue weighted by atomic mass is 28.3. The zero-order valence-corrected chi connectivity index (χ0v) is 14.6. The van der Waals surface area contributed by atoms with E-state index in [1.54, 1.807) is 0 Å². The van der Waals surface area contributed by atoms with Crippen LogP contribution in [0.25, 0.3) is 10.9 Å². The summed E-state index contributed by atoms with van der Waals surface area (Å²) in [7, 11) is -0.982. The number of halogens is 2. The molecule has 24 heavy (non-hydrogen) atoms. The molecule has 0 saturated carbocycles. The van der Waals surface area contributed by atoms with E-state index in [0.29, 0.717) is 11.2 Å². The third kappa shape index (κ3) is 2.88. The van der Waals surface area contributed by atoms with E-state index in [1.165, 1.54) is 49.2 Å². The van der Waals surface area contributed by atoms with Crippen molar-refractivity contribution < 1.29 is 13.6 Å². The minimum Gasteiger partial charge on any atom is -0.350 e. The Bertz CT molecular complexity index is 773. The first-order valence-corrected chi connectivity index (χ1v) is 11.7. The van der Waals surface area contributed by atoms with E-state index in [9.17, 15) is 13.6 Å². The Morgan fingerprint density at radius 3 is 2.50 bits per heavy atom. The number of hydrogen-bond acceptors (Lipinski definition) is 1. The van der Waals surface area contributed by atoms with Crippen LogP contribution in [-0.4, -0.2) is 25.0 Å². The molecule has 0 bridgehead atoms. The van der Waals surface area contributed by atoms with Crippen LogP contribution in [0.1, 0.15) is 36.2 Å². The smallest absolute Gasteiger partial charge is 0.267 e. The fourth-order valence-corrected chi connectivity index (χ4v) is 9.97. The summed E-state index contributed by atoms with van der Waals surface area (Å²) in [4.78, 5) is 15.3. The Morgan fingerprint density at radius 2 is 1.79 bits per heavy atom. The molecule has 0 atom stereocenters. The number of aromatic nitrogens is 1. The molecular weight excluding hydrogens is 326 g/mol. The Labute approximate surface area is 140 Å². The topological polar surface area (TPSA) is 44.9 Å². The number of nitrogens with one attached hydrogen (secondary N) is 2. The van der Waals surface area contributed by atoms with Gasteiger partial charge in [0, 0.05) is 17.5 Å². The molecule has 2 aliphatic rings. The van der Waals surface area contributed by atoms with E-state index in [1.807, 2.05) is 0 Å². The molecule has 1 aromatic heterocycles. The summed E-state index contributed by atoms with van der Waals surface area (Å²) in [6.45, 7) is 0. The van der Waals surface area contributed by atoms with Crippen molar-refractivity contribution in [2.75, 3.05) is 0 Å². The Balaban J connectivity index is 1.44. The highest BCUT2D eigenvalue weighted by Gasteiger charge is 2.39. The molecule has 2 fully saturated rings. The molecule has 0 unspecified atom stereocenters. The zero-order chi connectivity index (χ0) is 16.7. The summed E-state index contributed by atoms with van der Waals surface area (Å²) in [5, 5.41) is 3.32. The number of H-pyrrole nitrogens is 1. The molecule has 128 valence electrons. The number of amides is 1. The number of benzene rings is 1. The first kappa shape index (κ1) is 15.8. The van der Waals surface area contributed by atoms with E-state index in [4.69, 9.17) is 0 Å². The second-order valence-corrected chi connectivity index (χ2v) is 12.5. The predicted molar refractivity (Wildman–Crippen MR) is 92.9 cm³/mol. The number of aromatic amines is 1. The van der Waals surface area contributed by atoms with Crippen LogP contribution in [0.2, 0.25) is 24.2 Å². The third-order valence-electron chi connectivity index (χ3n) is 5.94. The van der Waals surface area contributed by atoms with Gasteiger partial charge in [-0.25, -0.2) is 8.78 Å². The maximum absolute atomic E-state index is 13.8. The van der Waals surface area contributed by atoms with Gasteiger partial charge in [-0.05, 0) is 25.0 Å². The van der Waals surface area contributed by atoms with Crippen LogP contribution in [0.3, 0.4) is 0 Å². The quantitative estimate of drug-likeness (QED) is 0.767. The average molecular weight is 348 g/mol. The van der Waals surface area contributed by atoms with Crippen molar-refractivity contribution in [1.82, 2.24) is 10.3 Å². The molecule has 2 aliphatic heterocycles. The van der Waals surface area contributed by atoms with Gasteiger partial charge in [0.25, 0.3) is 5.91 Å². The number of carbonyl (C=O) groups excluding carboxylic acids is 1. The number of hydrogen-bond donors (Lipinski definition) is 2. The molecule has 2 saturated heterocycles. The molecule has 2 aromatic rings. The van der Waals surface area contributed by atoms with Gasteiger partial charge in [-0.1, -0.05) is 37.0 Å². The lowest BCUT2D eigenvalue weighted by Gasteiger charge is -2.35. The SMILES string of the molecule is O=C(NC1CC[Si]2(CCCC2)CC1)c1cc2c(F)cc(F)cc2[nH]1. The number of rotatable bonds is 2. The first-order valence-electron chi connectivity index (χ1n) is 8.83. The fourth-order valence-electron chi connectivity index (χ4n) is 4.55. The minimum atomic E-state index is -0.982. The lowest BCUT2D eigenvalue weighted by molar-refractivity contribution is 0.0929. The van der Waals surface area contributed by atoms with Crippen molar-refractivity contribution in [1.29, 1.82) is 0 Å². The number of fused-ring (bicyclic) bond motifs is 1. The van der Waals surface area contributed by atoms with Gasteiger partial charge in [0.05, 0.1) is 13.6 Å². The molecule has 3 heterocycles. The van der Waals surface area contributed by atoms with Gasteiger partial charge in [0.1, 0.15) is 17.3 Å². The fraction of sp³-hybridized carbons (Fsp3) is 0.500. The van der Waals surface area contributed by atoms with Crippen molar-refractivity contribution in [3.05, 3.63) is 35.5 Å². The number of carbonyl (C=O) groups is 1. The molecule has 2 N–H and O–H groups in total. The van der Waals surface area contributed by atoms with Crippen molar-refractivity contribution in [2.24, 2.45) is 0 Å². The Kier molecular flexibility index (Phi) is 3.94. The molecule has 1 aromatic carbocycles. The van der Waals surface area contributed by atoms with Crippen molar-refractivity contribution >= 4 is 24.9 Å². The van der Waals surface area contributed by atoms with Gasteiger partial charge in [0.2, 0.25) is 0 Å². The molecular formula is C18H22F2N2OSi. The van der Waals surface area contributed by atoms with E-state index < -0.39 is 19.7 Å². The van der Waals surface area contributed by atoms with E-state index in [-0.39, 0.29) is 17.3 Å². The third-order valence-corrected chi connectivity index (χ3v) is 11.5. The Morgan fingerprint density at radius 1 is 1.08 bits per heavy atom. The molecule has 1 spiro atoms. The van der Waals surface area contributed by atoms with E-state index >= 15 is 0 Å². The van der Waals surface area contributed by atoms with Gasteiger partial charge < -0.3 is 10.3 Å². The van der Waals surface area contributed by atoms with E-state index in [0.717, 1.165) is 18.9 Å². The highest BCUT2D eigenvalue weighted by molar-refractivity contribution is 6.80. The largest absolute Gasteiger partial charge is 0.350 e. The lowest BCUT2D eigenvalue weighted by Crippen LogP contribution is -2.43. The second kappa shape index (κ2) is 5.99. The summed E-state index contributed by atoms with van der Waals surface area (Å²) in [6.07, 6.45) is 4.95. The normalized spacial score (nSPS) is 20.8. The Hall–Kier alpha value is -1.69. The van der Waals surface area contributed by atoms with Gasteiger partial charge in [-0.15, -0.1) is 0 Å². The summed E-state index contributed by atoms with van der Waals surface area (Å²) in [5.41, 5.74) is 0.617. The molecule has 3 nitrogen and oxygen atoms in total. The standard InChI is InChI=1S/C18H22F2N2OSi/c19-12-9-15(20)14-11-17(22-16(14)10-12)18(23)21-13-3-7-24(8-4-13)5-1-2-6-24/h9-11,13,22H,1-8H2,(H,21,23). The molecule has 0 aliphatic carbocycles. The molecule has 0 radical (unpaired) electrons. The summed E-state index contributed by atoms with van der Waals surface area (Å²) < 4.78 is 27.0. The molecule has 6 heteroatoms. The first-order chi connectivity index (χ1) is 11.5. The van der Waals surface area contributed by atoms with Crippen LogP contribution in [-0.2, 0) is 0 Å². The lowest BCUT2D eigenvalue weighted by atomic mass is 10.1. The molecule has 1 amide bonds. The minimum absolute atomic E-state index is 0.212. The van der Waals surface area contributed by atoms with Gasteiger partial charge in [-0.3, -0.25) is 4.79 Å². The van der Waals surface area contributed by atoms with Crippen LogP contribution in [0.5, 0.6) is 0 Å². The molecule has 4 rings (SSSR count). The maximum atomic E-state index is 13.8. The van der Waals surface area contributed by atoms with Crippen LogP contribution in [0.15, 0.2) is 18.2 Å². The van der Waals surface area contributed by atoms with Crippen molar-refractivity contribution in [2.45, 2.75) is 55.9 Å². The monoisotopic (exact) mass is 348 g/mol. The van der Waals surface area contributed by atoms with Crippen LogP contribution >= 0.6 is 0 Å². The van der Waals surface area contributed by atoms with Gasteiger partial charge in [-0.2, -0.15) is 0 Å². The second-order valence-electron chi connectivity index (χ2n) is 7.49. The van der Waals surface area contributed by atoms with Crippen LogP contribution in [0, 0.1) is 11.6 Å². The maximum Gasteiger partial charge on any atom is 0.267 e. The van der Waals surface area contributed by atoms with Crippen LogP contribution in [0.4, 0.5) is 8.78 Å². The summed E-state index contributed by atoms with van der Waals surface area (Å²) in [5.74, 6) is -1.51. The average Bonchev–Trinajstić information content (AvgIpc) is 3.17. The summed E-state index contributed by atoms with van der Waals surface area (Å²) in [6, 6.07) is 9.32. The van der Waals surface area contributed by atoms with E-state index in [2.05, 4.69) is 10.3 Å². The summed E-state index contributed by atoms with van der Waals surface area (Å²) >= 11 is 0. The predicted octanol–water partition coefficient (Wildman–Crippen LogP) is 4.58. The highest BCUT2D eigenvalue weighted by Crippen LogP contribution is 2.42. The van der Waals surface area contributed by atoms with Gasteiger partial charge >= 0.3 is 0 Å². The van der Waals surface area contributed by atoms with Crippen molar-refractivity contribution in [3.63, 3.8) is 0 Å². The van der Waals surface area contributed by atoms with Gasteiger partial charge in [0.15, 0.2) is 0 Å². The van der Waals surface area contributed by atoms with Crippen molar-refractivity contribution in [3.8, 4) is 0 Å². The zero-order valence-electron chi connectivity index (χ0n) is 13.6.